The van der Waals surface area contributed by atoms with Gasteiger partial charge in [-0.1, -0.05) is 24.3 Å². The summed E-state index contributed by atoms with van der Waals surface area (Å²) in [6, 6.07) is 6.33. The standard InChI is InChI=1S/C10H9ClO3/c1-6(12)7-4-2-3-5-8(7)9(13)10(11)14/h2-5,9,13H,1H3/t9-/m0/s1. The van der Waals surface area contributed by atoms with Crippen molar-refractivity contribution >= 4 is 22.6 Å². The highest BCUT2D eigenvalue weighted by molar-refractivity contribution is 6.64. The van der Waals surface area contributed by atoms with Crippen LogP contribution in [0.25, 0.3) is 0 Å². The molecule has 0 unspecified atom stereocenters. The van der Waals surface area contributed by atoms with Gasteiger partial charge in [-0.25, -0.2) is 0 Å². The van der Waals surface area contributed by atoms with Gasteiger partial charge in [-0.15, -0.1) is 0 Å². The minimum absolute atomic E-state index is 0.211. The van der Waals surface area contributed by atoms with Crippen molar-refractivity contribution in [3.8, 4) is 0 Å². The number of ketones is 1. The summed E-state index contributed by atoms with van der Waals surface area (Å²) in [6.45, 7) is 1.37. The van der Waals surface area contributed by atoms with Crippen LogP contribution in [0.4, 0.5) is 0 Å². The summed E-state index contributed by atoms with van der Waals surface area (Å²) in [5.74, 6) is -0.211. The fraction of sp³-hybridized carbons (Fsp3) is 0.200. The number of carbonyl (C=O) groups excluding carboxylic acids is 2. The molecule has 1 N–H and O–H groups in total. The summed E-state index contributed by atoms with van der Waals surface area (Å²) in [5, 5.41) is 8.50. The number of rotatable bonds is 3. The Morgan fingerprint density at radius 2 is 1.93 bits per heavy atom. The van der Waals surface area contributed by atoms with Gasteiger partial charge in [0.15, 0.2) is 11.9 Å². The molecule has 1 aromatic carbocycles. The maximum atomic E-state index is 11.1. The Bertz CT molecular complexity index is 373. The number of benzene rings is 1. The highest BCUT2D eigenvalue weighted by atomic mass is 35.5. The van der Waals surface area contributed by atoms with Crippen molar-refractivity contribution < 1.29 is 14.7 Å². The van der Waals surface area contributed by atoms with Crippen LogP contribution in [0.2, 0.25) is 0 Å². The van der Waals surface area contributed by atoms with E-state index in [9.17, 15) is 14.7 Å². The predicted octanol–water partition coefficient (Wildman–Crippen LogP) is 1.69. The molecule has 0 aromatic heterocycles. The van der Waals surface area contributed by atoms with E-state index >= 15 is 0 Å². The first-order valence-electron chi connectivity index (χ1n) is 4.01. The lowest BCUT2D eigenvalue weighted by Gasteiger charge is -2.09. The molecular weight excluding hydrogens is 204 g/mol. The third-order valence-corrected chi connectivity index (χ3v) is 2.06. The van der Waals surface area contributed by atoms with Crippen LogP contribution in [0.5, 0.6) is 0 Å². The van der Waals surface area contributed by atoms with Crippen molar-refractivity contribution in [3.63, 3.8) is 0 Å². The predicted molar refractivity (Wildman–Crippen MR) is 52.3 cm³/mol. The average Bonchev–Trinajstić information content (AvgIpc) is 2.16. The van der Waals surface area contributed by atoms with Gasteiger partial charge in [-0.2, -0.15) is 0 Å². The molecule has 0 fully saturated rings. The number of Topliss-reactive ketones (excluding diaryl/α,β-unsaturated/α-hetero) is 1. The van der Waals surface area contributed by atoms with Gasteiger partial charge >= 0.3 is 0 Å². The van der Waals surface area contributed by atoms with E-state index in [1.165, 1.54) is 13.0 Å². The Kier molecular flexibility index (Phi) is 3.38. The van der Waals surface area contributed by atoms with Crippen molar-refractivity contribution in [1.29, 1.82) is 0 Å². The first kappa shape index (κ1) is 10.9. The summed E-state index contributed by atoms with van der Waals surface area (Å²) >= 11 is 5.14. The van der Waals surface area contributed by atoms with Crippen LogP contribution in [0.1, 0.15) is 28.9 Å². The van der Waals surface area contributed by atoms with Crippen molar-refractivity contribution in [3.05, 3.63) is 35.4 Å². The Hall–Kier alpha value is -1.19. The second kappa shape index (κ2) is 4.35. The molecular formula is C10H9ClO3. The quantitative estimate of drug-likeness (QED) is 0.613. The maximum Gasteiger partial charge on any atom is 0.254 e. The van der Waals surface area contributed by atoms with Crippen LogP contribution in [-0.2, 0) is 4.79 Å². The first-order chi connectivity index (χ1) is 6.54. The summed E-state index contributed by atoms with van der Waals surface area (Å²) < 4.78 is 0. The zero-order valence-electron chi connectivity index (χ0n) is 7.53. The SMILES string of the molecule is CC(=O)c1ccccc1[C@H](O)C(=O)Cl. The Labute approximate surface area is 86.3 Å². The highest BCUT2D eigenvalue weighted by Crippen LogP contribution is 2.20. The molecule has 0 amide bonds. The molecule has 0 saturated carbocycles. The smallest absolute Gasteiger partial charge is 0.254 e. The molecule has 0 aliphatic carbocycles. The van der Waals surface area contributed by atoms with Gasteiger partial charge in [0.1, 0.15) is 0 Å². The van der Waals surface area contributed by atoms with Crippen LogP contribution in [-0.4, -0.2) is 16.1 Å². The fourth-order valence-electron chi connectivity index (χ4n) is 1.18. The van der Waals surface area contributed by atoms with E-state index in [2.05, 4.69) is 0 Å². The third kappa shape index (κ3) is 2.19. The van der Waals surface area contributed by atoms with Crippen molar-refractivity contribution in [1.82, 2.24) is 0 Å². The molecule has 1 rings (SSSR count). The first-order valence-corrected chi connectivity index (χ1v) is 4.39. The van der Waals surface area contributed by atoms with Gasteiger partial charge < -0.3 is 5.11 Å². The molecule has 1 atom stereocenters. The number of aliphatic hydroxyl groups excluding tert-OH is 1. The minimum atomic E-state index is -1.43. The highest BCUT2D eigenvalue weighted by Gasteiger charge is 2.19. The van der Waals surface area contributed by atoms with Crippen molar-refractivity contribution in [2.75, 3.05) is 0 Å². The second-order valence-corrected chi connectivity index (χ2v) is 3.22. The van der Waals surface area contributed by atoms with E-state index in [1.54, 1.807) is 18.2 Å². The number of hydrogen-bond donors (Lipinski definition) is 1. The lowest BCUT2D eigenvalue weighted by molar-refractivity contribution is -0.119. The summed E-state index contributed by atoms with van der Waals surface area (Å²) in [7, 11) is 0. The lowest BCUT2D eigenvalue weighted by atomic mass is 10.0. The Balaban J connectivity index is 3.19. The average molecular weight is 213 g/mol. The van der Waals surface area contributed by atoms with Crippen molar-refractivity contribution in [2.24, 2.45) is 0 Å². The van der Waals surface area contributed by atoms with Crippen LogP contribution in [0.3, 0.4) is 0 Å². The Morgan fingerprint density at radius 1 is 1.36 bits per heavy atom. The summed E-state index contributed by atoms with van der Waals surface area (Å²) in [4.78, 5) is 21.9. The third-order valence-electron chi connectivity index (χ3n) is 1.85. The van der Waals surface area contributed by atoms with E-state index in [4.69, 9.17) is 11.6 Å². The Morgan fingerprint density at radius 3 is 2.43 bits per heavy atom. The van der Waals surface area contributed by atoms with Gasteiger partial charge in [0.05, 0.1) is 0 Å². The van der Waals surface area contributed by atoms with Gasteiger partial charge in [0.25, 0.3) is 5.24 Å². The molecule has 3 nitrogen and oxygen atoms in total. The van der Waals surface area contributed by atoms with Crippen LogP contribution in [0, 0.1) is 0 Å². The normalized spacial score (nSPS) is 12.2. The summed E-state index contributed by atoms with van der Waals surface area (Å²) in [6.07, 6.45) is -1.43. The largest absolute Gasteiger partial charge is 0.379 e. The molecule has 0 spiro atoms. The number of carbonyl (C=O) groups is 2. The maximum absolute atomic E-state index is 11.1. The van der Waals surface area contributed by atoms with Crippen LogP contribution < -0.4 is 0 Å². The van der Waals surface area contributed by atoms with Crippen LogP contribution >= 0.6 is 11.6 Å². The van der Waals surface area contributed by atoms with E-state index < -0.39 is 11.3 Å². The molecule has 1 aromatic rings. The topological polar surface area (TPSA) is 54.4 Å². The summed E-state index contributed by atoms with van der Waals surface area (Å²) in [5.41, 5.74) is 0.564. The number of halogens is 1. The van der Waals surface area contributed by atoms with Crippen molar-refractivity contribution in [2.45, 2.75) is 13.0 Å². The second-order valence-electron chi connectivity index (χ2n) is 2.85. The molecule has 4 heteroatoms. The molecule has 0 aliphatic heterocycles. The van der Waals surface area contributed by atoms with E-state index in [-0.39, 0.29) is 11.3 Å². The van der Waals surface area contributed by atoms with Gasteiger partial charge in [0, 0.05) is 11.1 Å². The monoisotopic (exact) mass is 212 g/mol. The fourth-order valence-corrected chi connectivity index (χ4v) is 1.30. The van der Waals surface area contributed by atoms with Gasteiger partial charge in [0.2, 0.25) is 0 Å². The van der Waals surface area contributed by atoms with Gasteiger partial charge in [-0.05, 0) is 18.5 Å². The lowest BCUT2D eigenvalue weighted by Crippen LogP contribution is -2.10. The van der Waals surface area contributed by atoms with E-state index in [0.29, 0.717) is 5.56 Å². The molecule has 0 radical (unpaired) electrons. The van der Waals surface area contributed by atoms with E-state index in [1.807, 2.05) is 0 Å². The number of hydrogen-bond acceptors (Lipinski definition) is 3. The number of aliphatic hydroxyl groups is 1. The zero-order valence-corrected chi connectivity index (χ0v) is 8.28. The zero-order chi connectivity index (χ0) is 10.7. The molecule has 0 saturated heterocycles. The van der Waals surface area contributed by atoms with Crippen LogP contribution in [0.15, 0.2) is 24.3 Å². The van der Waals surface area contributed by atoms with E-state index in [0.717, 1.165) is 0 Å². The minimum Gasteiger partial charge on any atom is -0.379 e. The molecule has 74 valence electrons. The molecule has 0 aliphatic rings. The molecule has 14 heavy (non-hydrogen) atoms. The molecule has 0 heterocycles. The van der Waals surface area contributed by atoms with Gasteiger partial charge in [-0.3, -0.25) is 9.59 Å². The molecule has 0 bridgehead atoms.